The van der Waals surface area contributed by atoms with Gasteiger partial charge in [-0.05, 0) is 67.7 Å². The van der Waals surface area contributed by atoms with Crippen LogP contribution in [0, 0.1) is 29.4 Å². The molecule has 1 aliphatic carbocycles. The van der Waals surface area contributed by atoms with Crippen molar-refractivity contribution in [3.63, 3.8) is 0 Å². The van der Waals surface area contributed by atoms with Crippen LogP contribution in [0.15, 0.2) is 24.3 Å². The molecule has 0 amide bonds. The summed E-state index contributed by atoms with van der Waals surface area (Å²) in [5, 5.41) is 7.72. The Morgan fingerprint density at radius 1 is 1.03 bits per heavy atom. The summed E-state index contributed by atoms with van der Waals surface area (Å²) in [6.45, 7) is 4.80. The first-order valence-electron chi connectivity index (χ1n) is 12.1. The van der Waals surface area contributed by atoms with E-state index in [4.69, 9.17) is 4.74 Å². The van der Waals surface area contributed by atoms with Crippen LogP contribution in [0.25, 0.3) is 11.3 Å². The quantitative estimate of drug-likeness (QED) is 0.545. The van der Waals surface area contributed by atoms with Gasteiger partial charge >= 0.3 is 6.18 Å². The Bertz CT molecular complexity index is 1040. The van der Waals surface area contributed by atoms with E-state index in [0.717, 1.165) is 76.7 Å². The van der Waals surface area contributed by atoms with Crippen molar-refractivity contribution in [1.29, 1.82) is 0 Å². The molecule has 10 heteroatoms. The molecule has 0 radical (unpaired) electrons. The lowest BCUT2D eigenvalue weighted by molar-refractivity contribution is -0.137. The van der Waals surface area contributed by atoms with E-state index < -0.39 is 34.6 Å². The van der Waals surface area contributed by atoms with E-state index >= 15 is 0 Å². The highest BCUT2D eigenvalue weighted by Gasteiger charge is 2.43. The highest BCUT2D eigenvalue weighted by atomic mass is 19.4. The number of aromatic nitrogens is 2. The van der Waals surface area contributed by atoms with Crippen molar-refractivity contribution in [3.8, 4) is 11.3 Å². The van der Waals surface area contributed by atoms with Crippen LogP contribution in [0.2, 0.25) is 0 Å². The smallest absolute Gasteiger partial charge is 0.381 e. The Hall–Kier alpha value is -2.33. The van der Waals surface area contributed by atoms with E-state index in [1.807, 2.05) is 0 Å². The summed E-state index contributed by atoms with van der Waals surface area (Å²) in [5.41, 5.74) is -2.39. The number of alkyl halides is 3. The van der Waals surface area contributed by atoms with Crippen LogP contribution in [0.3, 0.4) is 0 Å². The number of hydrogen-bond acceptors (Lipinski definition) is 5. The highest BCUT2D eigenvalue weighted by Crippen LogP contribution is 2.43. The van der Waals surface area contributed by atoms with Crippen LogP contribution >= 0.6 is 0 Å². The molecule has 3 aliphatic rings. The summed E-state index contributed by atoms with van der Waals surface area (Å²) >= 11 is 0. The lowest BCUT2D eigenvalue weighted by Crippen LogP contribution is -2.35. The van der Waals surface area contributed by atoms with Gasteiger partial charge in [0.15, 0.2) is 5.82 Å². The maximum Gasteiger partial charge on any atom is 0.418 e. The topological polar surface area (TPSA) is 41.5 Å². The minimum absolute atomic E-state index is 0.0578. The van der Waals surface area contributed by atoms with E-state index in [0.29, 0.717) is 23.8 Å². The summed E-state index contributed by atoms with van der Waals surface area (Å²) in [4.78, 5) is 4.29. The fourth-order valence-electron chi connectivity index (χ4n) is 5.96. The monoisotopic (exact) mass is 496 g/mol. The van der Waals surface area contributed by atoms with Crippen LogP contribution in [0.4, 0.5) is 27.8 Å². The zero-order valence-corrected chi connectivity index (χ0v) is 19.6. The average Bonchev–Trinajstić information content (AvgIpc) is 3.39. The van der Waals surface area contributed by atoms with Crippen molar-refractivity contribution in [3.05, 3.63) is 41.5 Å². The van der Waals surface area contributed by atoms with E-state index in [9.17, 15) is 22.0 Å². The Morgan fingerprint density at radius 3 is 2.37 bits per heavy atom. The van der Waals surface area contributed by atoms with Gasteiger partial charge in [0.2, 0.25) is 0 Å². The standard InChI is InChI=1S/C25H29F5N4O/c1-33(19-8-16-13-34(14-17(16)9-19)12-15-4-6-35-7-5-15)23-11-21(25(28,29)30)24(32-31-23)20-10-18(26)2-3-22(20)27/h2-3,10-11,15-17,19H,4-9,12-14H2,1H3/t16-,17+,19+. The predicted octanol–water partition coefficient (Wildman–Crippen LogP) is 5.01. The molecular formula is C25H29F5N4O. The number of nitrogens with zero attached hydrogens (tertiary/aromatic N) is 4. The largest absolute Gasteiger partial charge is 0.418 e. The lowest BCUT2D eigenvalue weighted by atomic mass is 10.00. The summed E-state index contributed by atoms with van der Waals surface area (Å²) in [5.74, 6) is -0.0430. The second kappa shape index (κ2) is 9.61. The van der Waals surface area contributed by atoms with Gasteiger partial charge in [-0.25, -0.2) is 8.78 Å². The summed E-state index contributed by atoms with van der Waals surface area (Å²) < 4.78 is 75.0. The molecule has 5 rings (SSSR count). The third-order valence-corrected chi connectivity index (χ3v) is 7.84. The number of likely N-dealkylation sites (tertiary alicyclic amines) is 1. The van der Waals surface area contributed by atoms with Crippen LogP contribution < -0.4 is 4.90 Å². The van der Waals surface area contributed by atoms with Gasteiger partial charge in [0.25, 0.3) is 0 Å². The fourth-order valence-corrected chi connectivity index (χ4v) is 5.96. The fraction of sp³-hybridized carbons (Fsp3) is 0.600. The molecule has 2 aliphatic heterocycles. The van der Waals surface area contributed by atoms with Crippen molar-refractivity contribution in [2.45, 2.75) is 37.9 Å². The van der Waals surface area contributed by atoms with Gasteiger partial charge < -0.3 is 14.5 Å². The molecular weight excluding hydrogens is 467 g/mol. The maximum absolute atomic E-state index is 14.2. The molecule has 2 aromatic rings. The summed E-state index contributed by atoms with van der Waals surface area (Å²) in [6.07, 6.45) is -0.820. The zero-order chi connectivity index (χ0) is 24.7. The van der Waals surface area contributed by atoms with Crippen molar-refractivity contribution in [2.24, 2.45) is 17.8 Å². The molecule has 2 saturated heterocycles. The van der Waals surface area contributed by atoms with Gasteiger partial charge in [-0.3, -0.25) is 0 Å². The van der Waals surface area contributed by atoms with Crippen LogP contribution in [-0.4, -0.2) is 61.0 Å². The number of hydrogen-bond donors (Lipinski definition) is 0. The lowest BCUT2D eigenvalue weighted by Gasteiger charge is -2.30. The van der Waals surface area contributed by atoms with Crippen LogP contribution in [0.1, 0.15) is 31.2 Å². The maximum atomic E-state index is 14.2. The first-order valence-corrected chi connectivity index (χ1v) is 12.1. The minimum Gasteiger partial charge on any atom is -0.381 e. The molecule has 35 heavy (non-hydrogen) atoms. The third kappa shape index (κ3) is 5.14. The molecule has 1 aromatic carbocycles. The molecule has 5 nitrogen and oxygen atoms in total. The number of anilines is 1. The van der Waals surface area contributed by atoms with Gasteiger partial charge in [0, 0.05) is 51.5 Å². The number of fused-ring (bicyclic) bond motifs is 1. The van der Waals surface area contributed by atoms with Crippen molar-refractivity contribution in [1.82, 2.24) is 15.1 Å². The molecule has 1 aromatic heterocycles. The molecule has 190 valence electrons. The first-order chi connectivity index (χ1) is 16.7. The number of halogens is 5. The summed E-state index contributed by atoms with van der Waals surface area (Å²) in [6, 6.07) is 3.31. The Kier molecular flexibility index (Phi) is 6.69. The van der Waals surface area contributed by atoms with Gasteiger partial charge in [0.05, 0.1) is 5.56 Å². The minimum atomic E-state index is -4.80. The van der Waals surface area contributed by atoms with Crippen LogP contribution in [0.5, 0.6) is 0 Å². The molecule has 3 atom stereocenters. The van der Waals surface area contributed by atoms with E-state index in [2.05, 4.69) is 15.1 Å². The molecule has 3 heterocycles. The van der Waals surface area contributed by atoms with Crippen molar-refractivity contribution < 1.29 is 26.7 Å². The van der Waals surface area contributed by atoms with E-state index in [-0.39, 0.29) is 11.9 Å². The van der Waals surface area contributed by atoms with E-state index in [1.165, 1.54) is 0 Å². The van der Waals surface area contributed by atoms with Gasteiger partial charge in [-0.2, -0.15) is 13.2 Å². The molecule has 0 bridgehead atoms. The van der Waals surface area contributed by atoms with Gasteiger partial charge in [-0.1, -0.05) is 0 Å². The Labute approximate surface area is 201 Å². The Morgan fingerprint density at radius 2 is 1.71 bits per heavy atom. The normalized spacial score (nSPS) is 25.7. The molecule has 0 unspecified atom stereocenters. The number of rotatable bonds is 5. The highest BCUT2D eigenvalue weighted by molar-refractivity contribution is 5.66. The zero-order valence-electron chi connectivity index (χ0n) is 19.6. The van der Waals surface area contributed by atoms with Gasteiger partial charge in [-0.15, -0.1) is 10.2 Å². The van der Waals surface area contributed by atoms with E-state index in [1.54, 1.807) is 11.9 Å². The van der Waals surface area contributed by atoms with Gasteiger partial charge in [0.1, 0.15) is 17.3 Å². The second-order valence-corrected chi connectivity index (χ2v) is 10.1. The van der Waals surface area contributed by atoms with Crippen molar-refractivity contribution in [2.75, 3.05) is 44.8 Å². The molecule has 1 saturated carbocycles. The molecule has 3 fully saturated rings. The SMILES string of the molecule is CN(c1cc(C(F)(F)F)c(-c2cc(F)ccc2F)nn1)[C@H]1C[C@@H]2CN(CC3CCOCC3)C[C@@H]2C1. The van der Waals surface area contributed by atoms with Crippen LogP contribution in [-0.2, 0) is 10.9 Å². The molecule has 0 spiro atoms. The Balaban J connectivity index is 1.30. The number of ether oxygens (including phenoxy) is 1. The first kappa shape index (κ1) is 24.4. The summed E-state index contributed by atoms with van der Waals surface area (Å²) in [7, 11) is 1.73. The molecule has 0 N–H and O–H groups in total. The predicted molar refractivity (Wildman–Crippen MR) is 121 cm³/mol. The van der Waals surface area contributed by atoms with Crippen molar-refractivity contribution >= 4 is 5.82 Å². The average molecular weight is 497 g/mol. The number of benzene rings is 1. The third-order valence-electron chi connectivity index (χ3n) is 7.84. The second-order valence-electron chi connectivity index (χ2n) is 10.1.